The van der Waals surface area contributed by atoms with Gasteiger partial charge in [-0.05, 0) is 61.7 Å². The van der Waals surface area contributed by atoms with Gasteiger partial charge in [0.1, 0.15) is 23.5 Å². The van der Waals surface area contributed by atoms with Gasteiger partial charge in [-0.1, -0.05) is 107 Å². The Balaban J connectivity index is 1.82. The molecule has 0 N–H and O–H groups in total. The molecule has 0 saturated heterocycles. The smallest absolute Gasteiger partial charge is 0.0837 e. The molecule has 1 atom stereocenters. The lowest BCUT2D eigenvalue weighted by Crippen LogP contribution is -2.41. The Bertz CT molecular complexity index is 1620. The van der Waals surface area contributed by atoms with Crippen LogP contribution in [0.2, 0.25) is 0 Å². The minimum atomic E-state index is -0.294. The fourth-order valence-corrected chi connectivity index (χ4v) is 6.97. The van der Waals surface area contributed by atoms with Crippen molar-refractivity contribution in [3.05, 3.63) is 119 Å². The molecule has 3 aliphatic rings. The molecule has 0 aliphatic heterocycles. The van der Waals surface area contributed by atoms with Gasteiger partial charge in [0.15, 0.2) is 0 Å². The van der Waals surface area contributed by atoms with Crippen molar-refractivity contribution in [2.24, 2.45) is 0 Å². The molecule has 4 aromatic rings. The molecule has 0 fully saturated rings. The summed E-state index contributed by atoms with van der Waals surface area (Å²) in [5.74, 6) is 0. The first kappa shape index (κ1) is 19.1. The van der Waals surface area contributed by atoms with Crippen molar-refractivity contribution in [1.82, 2.24) is 0 Å². The molecule has 3 heteroatoms. The van der Waals surface area contributed by atoms with Gasteiger partial charge < -0.3 is 0 Å². The Labute approximate surface area is 198 Å². The Morgan fingerprint density at radius 1 is 0.667 bits per heavy atom. The van der Waals surface area contributed by atoms with Gasteiger partial charge in [-0.25, -0.2) is 0 Å². The van der Waals surface area contributed by atoms with Crippen LogP contribution in [0.5, 0.6) is 0 Å². The van der Waals surface area contributed by atoms with E-state index in [1.54, 1.807) is 0 Å². The fraction of sp³-hybridized carbons (Fsp3) is 0.0667. The number of hydrogen-bond acceptors (Lipinski definition) is 0. The molecular weight excluding hydrogens is 393 g/mol. The summed E-state index contributed by atoms with van der Waals surface area (Å²) in [6.07, 6.45) is 10.1. The van der Waals surface area contributed by atoms with E-state index in [1.807, 2.05) is 0 Å². The normalized spacial score (nSPS) is 19.5. The van der Waals surface area contributed by atoms with E-state index >= 15 is 0 Å². The highest BCUT2D eigenvalue weighted by Gasteiger charge is 2.51. The molecule has 0 saturated carbocycles. The van der Waals surface area contributed by atoms with E-state index in [2.05, 4.69) is 115 Å². The Hall–Kier alpha value is -3.45. The molecule has 0 radical (unpaired) electrons. The van der Waals surface area contributed by atoms with Crippen LogP contribution in [-0.2, 0) is 5.41 Å². The lowest BCUT2D eigenvalue weighted by Gasteiger charge is -2.43. The van der Waals surface area contributed by atoms with Gasteiger partial charge in [0.25, 0.3) is 0 Å². The van der Waals surface area contributed by atoms with Gasteiger partial charge in [-0.15, -0.1) is 0 Å². The van der Waals surface area contributed by atoms with E-state index in [9.17, 15) is 0 Å². The quantitative estimate of drug-likeness (QED) is 0.386. The number of fused-ring (bicyclic) bond motifs is 8. The van der Waals surface area contributed by atoms with E-state index in [4.69, 9.17) is 0 Å². The molecule has 0 aromatic heterocycles. The SMILES string of the molecule is Bc1cccc2c1-c1cccc3ccc(B)c(c13)C21C2=C(CC=CC=C2)c2cccc(B)c21. The summed E-state index contributed by atoms with van der Waals surface area (Å²) in [6.45, 7) is 0. The number of hydrogen-bond donors (Lipinski definition) is 0. The van der Waals surface area contributed by atoms with Crippen molar-refractivity contribution in [2.75, 3.05) is 0 Å². The maximum Gasteiger partial charge on any atom is 0.140 e. The molecule has 0 heterocycles. The standard InChI is InChI=1S/C30H23B3/c31-23-13-6-12-22-27(23)20-10-4-7-17-15-16-25(33)29(26(17)20)30(22)21-11-3-1-2-8-18(21)19-9-5-14-24(32)28(19)30/h1-7,9-16H,8,31-33H2. The van der Waals surface area contributed by atoms with Crippen LogP contribution >= 0.6 is 0 Å². The molecule has 1 unspecified atom stereocenters. The highest BCUT2D eigenvalue weighted by atomic mass is 14.5. The summed E-state index contributed by atoms with van der Waals surface area (Å²) in [5.41, 5.74) is 15.3. The maximum absolute atomic E-state index is 2.40. The molecule has 0 amide bonds. The molecule has 3 aliphatic carbocycles. The third-order valence-corrected chi connectivity index (χ3v) is 8.11. The molecular formula is C30H23B3. The maximum atomic E-state index is 2.40. The van der Waals surface area contributed by atoms with Crippen molar-refractivity contribution >= 4 is 56.3 Å². The topological polar surface area (TPSA) is 0 Å². The minimum Gasteiger partial charge on any atom is -0.0837 e. The summed E-state index contributed by atoms with van der Waals surface area (Å²) in [5, 5.41) is 2.76. The highest BCUT2D eigenvalue weighted by molar-refractivity contribution is 6.40. The average Bonchev–Trinajstić information content (AvgIpc) is 2.94. The Morgan fingerprint density at radius 2 is 1.42 bits per heavy atom. The highest BCUT2D eigenvalue weighted by Crippen LogP contribution is 2.60. The summed E-state index contributed by atoms with van der Waals surface area (Å²) < 4.78 is 0. The predicted octanol–water partition coefficient (Wildman–Crippen LogP) is 2.21. The lowest BCUT2D eigenvalue weighted by atomic mass is 9.55. The van der Waals surface area contributed by atoms with Crippen LogP contribution in [0, 0.1) is 0 Å². The summed E-state index contributed by atoms with van der Waals surface area (Å²) in [4.78, 5) is 0. The van der Waals surface area contributed by atoms with Gasteiger partial charge in [0.05, 0.1) is 5.41 Å². The van der Waals surface area contributed by atoms with Crippen LogP contribution in [0.1, 0.15) is 28.7 Å². The van der Waals surface area contributed by atoms with Crippen molar-refractivity contribution in [2.45, 2.75) is 11.8 Å². The van der Waals surface area contributed by atoms with Crippen LogP contribution in [0.3, 0.4) is 0 Å². The molecule has 33 heavy (non-hydrogen) atoms. The first-order chi connectivity index (χ1) is 16.1. The van der Waals surface area contributed by atoms with Gasteiger partial charge >= 0.3 is 0 Å². The second kappa shape index (κ2) is 6.55. The van der Waals surface area contributed by atoms with Gasteiger partial charge in [0, 0.05) is 0 Å². The molecule has 4 aromatic carbocycles. The zero-order chi connectivity index (χ0) is 22.3. The number of rotatable bonds is 0. The molecule has 1 spiro atoms. The summed E-state index contributed by atoms with van der Waals surface area (Å²) in [6, 6.07) is 25.3. The van der Waals surface area contributed by atoms with Crippen molar-refractivity contribution in [3.8, 4) is 11.1 Å². The van der Waals surface area contributed by atoms with Gasteiger partial charge in [-0.3, -0.25) is 0 Å². The van der Waals surface area contributed by atoms with Gasteiger partial charge in [0.2, 0.25) is 0 Å². The van der Waals surface area contributed by atoms with Crippen LogP contribution in [0.15, 0.2) is 96.6 Å². The molecule has 7 rings (SSSR count). The fourth-order valence-electron chi connectivity index (χ4n) is 6.97. The Kier molecular flexibility index (Phi) is 3.78. The first-order valence-electron chi connectivity index (χ1n) is 11.9. The number of allylic oxidation sites excluding steroid dienone is 6. The zero-order valence-electron chi connectivity index (χ0n) is 19.4. The zero-order valence-corrected chi connectivity index (χ0v) is 19.4. The second-order valence-electron chi connectivity index (χ2n) is 9.79. The monoisotopic (exact) mass is 416 g/mol. The second-order valence-corrected chi connectivity index (χ2v) is 9.79. The third kappa shape index (κ3) is 2.21. The van der Waals surface area contributed by atoms with E-state index in [0.717, 1.165) is 6.42 Å². The van der Waals surface area contributed by atoms with E-state index in [1.165, 1.54) is 71.7 Å². The van der Waals surface area contributed by atoms with Crippen molar-refractivity contribution < 1.29 is 0 Å². The van der Waals surface area contributed by atoms with Gasteiger partial charge in [-0.2, -0.15) is 0 Å². The summed E-state index contributed by atoms with van der Waals surface area (Å²) in [7, 11) is 6.89. The van der Waals surface area contributed by atoms with Crippen LogP contribution in [-0.4, -0.2) is 23.5 Å². The van der Waals surface area contributed by atoms with Crippen LogP contribution < -0.4 is 16.4 Å². The molecule has 0 bridgehead atoms. The third-order valence-electron chi connectivity index (χ3n) is 8.11. The van der Waals surface area contributed by atoms with Crippen LogP contribution in [0.4, 0.5) is 0 Å². The largest absolute Gasteiger partial charge is 0.140 e. The van der Waals surface area contributed by atoms with E-state index in [0.29, 0.717) is 0 Å². The van der Waals surface area contributed by atoms with E-state index in [-0.39, 0.29) is 5.41 Å². The van der Waals surface area contributed by atoms with E-state index < -0.39 is 0 Å². The lowest BCUT2D eigenvalue weighted by molar-refractivity contribution is 0.777. The first-order valence-corrected chi connectivity index (χ1v) is 11.9. The predicted molar refractivity (Wildman–Crippen MR) is 150 cm³/mol. The number of benzene rings is 4. The van der Waals surface area contributed by atoms with Crippen molar-refractivity contribution in [1.29, 1.82) is 0 Å². The average molecular weight is 416 g/mol. The van der Waals surface area contributed by atoms with Crippen molar-refractivity contribution in [3.63, 3.8) is 0 Å². The molecule has 0 nitrogen and oxygen atoms in total. The summed E-state index contributed by atoms with van der Waals surface area (Å²) >= 11 is 0. The molecule has 152 valence electrons. The minimum absolute atomic E-state index is 0.294. The Morgan fingerprint density at radius 3 is 2.33 bits per heavy atom. The van der Waals surface area contributed by atoms with Crippen LogP contribution in [0.25, 0.3) is 27.5 Å².